The molecule has 0 aliphatic rings. The number of ether oxygens (including phenoxy) is 4. The average Bonchev–Trinajstić information content (AvgIpc) is 2.56. The molecule has 0 radical (unpaired) electrons. The second-order valence-corrected chi connectivity index (χ2v) is 5.07. The van der Waals surface area contributed by atoms with Crippen molar-refractivity contribution in [2.24, 2.45) is 0 Å². The van der Waals surface area contributed by atoms with E-state index in [4.69, 9.17) is 18.9 Å². The van der Waals surface area contributed by atoms with E-state index in [1.807, 2.05) is 44.2 Å². The van der Waals surface area contributed by atoms with E-state index in [-0.39, 0.29) is 12.5 Å². The Hall–Kier alpha value is -1.14. The first-order chi connectivity index (χ1) is 11.2. The Labute approximate surface area is 140 Å². The predicted molar refractivity (Wildman–Crippen MR) is 91.6 cm³/mol. The number of benzene rings is 1. The van der Waals surface area contributed by atoms with E-state index < -0.39 is 0 Å². The molecule has 5 heteroatoms. The van der Waals surface area contributed by atoms with Gasteiger partial charge in [-0.1, -0.05) is 25.1 Å². The van der Waals surface area contributed by atoms with Crippen molar-refractivity contribution in [2.75, 3.05) is 39.5 Å². The van der Waals surface area contributed by atoms with Crippen LogP contribution in [-0.4, -0.2) is 56.9 Å². The lowest BCUT2D eigenvalue weighted by atomic mass is 10.3. The Bertz CT molecular complexity index is 382. The van der Waals surface area contributed by atoms with Crippen LogP contribution in [0.3, 0.4) is 0 Å². The molecule has 0 amide bonds. The maximum atomic E-state index is 5.94. The van der Waals surface area contributed by atoms with Crippen LogP contribution in [0, 0.1) is 0 Å². The first-order valence-corrected chi connectivity index (χ1v) is 8.47. The lowest BCUT2D eigenvalue weighted by Gasteiger charge is -2.28. The Morgan fingerprint density at radius 2 is 1.65 bits per heavy atom. The molecule has 1 atom stereocenters. The third-order valence-electron chi connectivity index (χ3n) is 3.45. The number of nitrogens with zero attached hydrogens (tertiary/aromatic N) is 1. The van der Waals surface area contributed by atoms with Gasteiger partial charge in [-0.3, -0.25) is 4.90 Å². The molecule has 23 heavy (non-hydrogen) atoms. The van der Waals surface area contributed by atoms with Crippen LogP contribution in [0.25, 0.3) is 0 Å². The summed E-state index contributed by atoms with van der Waals surface area (Å²) < 4.78 is 22.5. The molecule has 0 saturated carbocycles. The molecule has 5 nitrogen and oxygen atoms in total. The topological polar surface area (TPSA) is 40.2 Å². The summed E-state index contributed by atoms with van der Waals surface area (Å²) >= 11 is 0. The van der Waals surface area contributed by atoms with Crippen molar-refractivity contribution in [1.82, 2.24) is 4.90 Å². The molecular formula is C18H31NO4. The van der Waals surface area contributed by atoms with Gasteiger partial charge in [0.15, 0.2) is 6.29 Å². The minimum absolute atomic E-state index is 0.000538. The number of likely N-dealkylation sites (N-methyl/N-ethyl adjacent to an activating group) is 1. The summed E-state index contributed by atoms with van der Waals surface area (Å²) in [4.78, 5) is 2.23. The van der Waals surface area contributed by atoms with Gasteiger partial charge >= 0.3 is 0 Å². The van der Waals surface area contributed by atoms with E-state index in [0.29, 0.717) is 26.4 Å². The van der Waals surface area contributed by atoms with Crippen molar-refractivity contribution in [3.8, 4) is 5.75 Å². The largest absolute Gasteiger partial charge is 0.475 e. The molecule has 1 aromatic rings. The molecule has 0 bridgehead atoms. The quantitative estimate of drug-likeness (QED) is 0.411. The van der Waals surface area contributed by atoms with E-state index in [1.165, 1.54) is 0 Å². The normalized spacial score (nSPS) is 12.8. The van der Waals surface area contributed by atoms with Crippen molar-refractivity contribution in [1.29, 1.82) is 0 Å². The molecule has 1 rings (SSSR count). The van der Waals surface area contributed by atoms with Crippen LogP contribution in [0.1, 0.15) is 27.7 Å². The summed E-state index contributed by atoms with van der Waals surface area (Å²) in [5.74, 6) is 0.882. The Morgan fingerprint density at radius 1 is 1.00 bits per heavy atom. The van der Waals surface area contributed by atoms with Crippen LogP contribution >= 0.6 is 0 Å². The standard InChI is InChI=1S/C18H31NO4/c1-5-19(16(4)23-17-11-9-8-10-12-17)13-14-20-15-18(21-6-2)22-7-3/h8-12,16,18H,5-7,13-15H2,1-4H3. The van der Waals surface area contributed by atoms with Gasteiger partial charge in [0.25, 0.3) is 0 Å². The summed E-state index contributed by atoms with van der Waals surface area (Å²) in [7, 11) is 0. The predicted octanol–water partition coefficient (Wildman–Crippen LogP) is 3.15. The number of hydrogen-bond donors (Lipinski definition) is 0. The summed E-state index contributed by atoms with van der Waals surface area (Å²) in [5.41, 5.74) is 0. The first-order valence-electron chi connectivity index (χ1n) is 8.47. The Morgan fingerprint density at radius 3 is 2.22 bits per heavy atom. The van der Waals surface area contributed by atoms with Crippen molar-refractivity contribution in [2.45, 2.75) is 40.2 Å². The highest BCUT2D eigenvalue weighted by atomic mass is 16.7. The molecule has 0 fully saturated rings. The highest BCUT2D eigenvalue weighted by Crippen LogP contribution is 2.12. The van der Waals surface area contributed by atoms with E-state index in [1.54, 1.807) is 0 Å². The van der Waals surface area contributed by atoms with E-state index in [2.05, 4.69) is 18.7 Å². The zero-order chi connectivity index (χ0) is 16.9. The highest BCUT2D eigenvalue weighted by molar-refractivity contribution is 5.21. The molecular weight excluding hydrogens is 294 g/mol. The second-order valence-electron chi connectivity index (χ2n) is 5.07. The van der Waals surface area contributed by atoms with Gasteiger partial charge in [0.1, 0.15) is 12.0 Å². The van der Waals surface area contributed by atoms with Gasteiger partial charge in [-0.25, -0.2) is 0 Å². The van der Waals surface area contributed by atoms with Gasteiger partial charge < -0.3 is 18.9 Å². The molecule has 0 aliphatic heterocycles. The van der Waals surface area contributed by atoms with Crippen molar-refractivity contribution >= 4 is 0 Å². The second kappa shape index (κ2) is 12.3. The highest BCUT2D eigenvalue weighted by Gasteiger charge is 2.14. The minimum Gasteiger partial charge on any atom is -0.475 e. The van der Waals surface area contributed by atoms with Gasteiger partial charge in [-0.15, -0.1) is 0 Å². The molecule has 0 spiro atoms. The van der Waals surface area contributed by atoms with Crippen molar-refractivity contribution < 1.29 is 18.9 Å². The molecule has 0 aliphatic carbocycles. The van der Waals surface area contributed by atoms with Crippen LogP contribution < -0.4 is 4.74 Å². The average molecular weight is 325 g/mol. The van der Waals surface area contributed by atoms with Gasteiger partial charge in [0.05, 0.1) is 13.2 Å². The van der Waals surface area contributed by atoms with Gasteiger partial charge in [-0.05, 0) is 39.4 Å². The Kier molecular flexibility index (Phi) is 10.6. The van der Waals surface area contributed by atoms with Crippen LogP contribution in [0.4, 0.5) is 0 Å². The monoisotopic (exact) mass is 325 g/mol. The van der Waals surface area contributed by atoms with Crippen LogP contribution in [0.2, 0.25) is 0 Å². The molecule has 132 valence electrons. The zero-order valence-electron chi connectivity index (χ0n) is 14.9. The summed E-state index contributed by atoms with van der Waals surface area (Å²) in [6, 6.07) is 9.87. The van der Waals surface area contributed by atoms with E-state index >= 15 is 0 Å². The maximum Gasteiger partial charge on any atom is 0.180 e. The molecule has 1 aromatic carbocycles. The van der Waals surface area contributed by atoms with Gasteiger partial charge in [0, 0.05) is 19.8 Å². The van der Waals surface area contributed by atoms with Gasteiger partial charge in [0.2, 0.25) is 0 Å². The Balaban J connectivity index is 2.29. The number of rotatable bonds is 13. The molecule has 1 unspecified atom stereocenters. The summed E-state index contributed by atoms with van der Waals surface area (Å²) in [5, 5.41) is 0. The fourth-order valence-corrected chi connectivity index (χ4v) is 2.25. The van der Waals surface area contributed by atoms with Crippen LogP contribution in [0.5, 0.6) is 5.75 Å². The molecule has 0 N–H and O–H groups in total. The fraction of sp³-hybridized carbons (Fsp3) is 0.667. The first kappa shape index (κ1) is 19.9. The molecule has 0 saturated heterocycles. The fourth-order valence-electron chi connectivity index (χ4n) is 2.25. The van der Waals surface area contributed by atoms with Crippen molar-refractivity contribution in [3.05, 3.63) is 30.3 Å². The van der Waals surface area contributed by atoms with E-state index in [9.17, 15) is 0 Å². The summed E-state index contributed by atoms with van der Waals surface area (Å²) in [6.45, 7) is 12.1. The minimum atomic E-state index is -0.280. The van der Waals surface area contributed by atoms with Crippen LogP contribution in [-0.2, 0) is 14.2 Å². The summed E-state index contributed by atoms with van der Waals surface area (Å²) in [6.07, 6.45) is -0.279. The smallest absolute Gasteiger partial charge is 0.180 e. The zero-order valence-corrected chi connectivity index (χ0v) is 14.9. The van der Waals surface area contributed by atoms with Crippen molar-refractivity contribution in [3.63, 3.8) is 0 Å². The van der Waals surface area contributed by atoms with Gasteiger partial charge in [-0.2, -0.15) is 0 Å². The number of para-hydroxylation sites is 1. The third-order valence-corrected chi connectivity index (χ3v) is 3.45. The number of hydrogen-bond acceptors (Lipinski definition) is 5. The van der Waals surface area contributed by atoms with Crippen LogP contribution in [0.15, 0.2) is 30.3 Å². The lowest BCUT2D eigenvalue weighted by Crippen LogP contribution is -2.39. The maximum absolute atomic E-state index is 5.94. The third kappa shape index (κ3) is 8.32. The SMILES string of the molecule is CCOC(COCCN(CC)C(C)Oc1ccccc1)OCC. The van der Waals surface area contributed by atoms with E-state index in [0.717, 1.165) is 18.8 Å². The lowest BCUT2D eigenvalue weighted by molar-refractivity contribution is -0.168. The molecule has 0 aromatic heterocycles. The molecule has 0 heterocycles.